The smallest absolute Gasteiger partial charge is 0.234 e. The highest BCUT2D eigenvalue weighted by atomic mass is 15.1. The molecule has 0 radical (unpaired) electrons. The first kappa shape index (κ1) is 12.0. The molecule has 4 nitrogen and oxygen atoms in total. The predicted octanol–water partition coefficient (Wildman–Crippen LogP) is 3.56. The molecule has 102 valence electrons. The zero-order valence-corrected chi connectivity index (χ0v) is 11.9. The van der Waals surface area contributed by atoms with Crippen LogP contribution in [0.5, 0.6) is 0 Å². The van der Waals surface area contributed by atoms with E-state index < -0.39 is 0 Å². The highest BCUT2D eigenvalue weighted by Crippen LogP contribution is 2.27. The Labute approximate surface area is 122 Å². The molecule has 0 amide bonds. The minimum absolute atomic E-state index is 0.707. The van der Waals surface area contributed by atoms with Crippen LogP contribution in [0.25, 0.3) is 27.9 Å². The van der Waals surface area contributed by atoms with E-state index >= 15 is 0 Å². The Kier molecular flexibility index (Phi) is 2.51. The Hall–Kier alpha value is -2.75. The summed E-state index contributed by atoms with van der Waals surface area (Å²) in [7, 11) is 0. The van der Waals surface area contributed by atoms with Crippen LogP contribution in [0.4, 0.5) is 0 Å². The lowest BCUT2D eigenvalue weighted by Crippen LogP contribution is -1.94. The molecule has 3 heterocycles. The molecule has 1 aromatic carbocycles. The minimum atomic E-state index is 0.707. The lowest BCUT2D eigenvalue weighted by atomic mass is 10.0. The van der Waals surface area contributed by atoms with Crippen molar-refractivity contribution in [2.45, 2.75) is 13.8 Å². The van der Waals surface area contributed by atoms with Crippen molar-refractivity contribution in [3.05, 3.63) is 60.2 Å². The van der Waals surface area contributed by atoms with Crippen LogP contribution in [0.2, 0.25) is 0 Å². The number of aromatic nitrogens is 4. The number of pyridine rings is 1. The number of imidazole rings is 1. The standard InChI is InChI=1S/C17H14N4/c1-11-8-15(19-9-12(11)2)14-5-3-4-13-10-21-7-6-18-17(21)20-16(13)14/h3-10H,1-2H3. The van der Waals surface area contributed by atoms with E-state index in [9.17, 15) is 0 Å². The summed E-state index contributed by atoms with van der Waals surface area (Å²) in [5, 5.41) is 1.08. The summed E-state index contributed by atoms with van der Waals surface area (Å²) in [6.45, 7) is 4.17. The number of aryl methyl sites for hydroxylation is 2. The molecule has 0 bridgehead atoms. The first-order valence-electron chi connectivity index (χ1n) is 6.88. The largest absolute Gasteiger partial charge is 0.291 e. The van der Waals surface area contributed by atoms with Gasteiger partial charge < -0.3 is 0 Å². The summed E-state index contributed by atoms with van der Waals surface area (Å²) in [5.41, 5.74) is 5.36. The summed E-state index contributed by atoms with van der Waals surface area (Å²) < 4.78 is 1.93. The lowest BCUT2D eigenvalue weighted by molar-refractivity contribution is 1.14. The molecule has 3 aromatic heterocycles. The highest BCUT2D eigenvalue weighted by molar-refractivity contribution is 5.93. The minimum Gasteiger partial charge on any atom is -0.291 e. The van der Waals surface area contributed by atoms with E-state index in [0.717, 1.165) is 22.2 Å². The molecule has 0 saturated carbocycles. The van der Waals surface area contributed by atoms with Crippen molar-refractivity contribution < 1.29 is 0 Å². The normalized spacial score (nSPS) is 11.3. The molecule has 0 aliphatic rings. The van der Waals surface area contributed by atoms with Crippen molar-refractivity contribution in [3.8, 4) is 11.3 Å². The van der Waals surface area contributed by atoms with Gasteiger partial charge in [0.25, 0.3) is 0 Å². The van der Waals surface area contributed by atoms with E-state index in [2.05, 4.69) is 53.2 Å². The summed E-state index contributed by atoms with van der Waals surface area (Å²) in [6, 6.07) is 8.28. The Balaban J connectivity index is 2.04. The molecule has 0 fully saturated rings. The molecule has 4 aromatic rings. The van der Waals surface area contributed by atoms with Gasteiger partial charge in [-0.3, -0.25) is 9.38 Å². The summed E-state index contributed by atoms with van der Waals surface area (Å²) in [5.74, 6) is 0.707. The zero-order valence-electron chi connectivity index (χ0n) is 11.9. The van der Waals surface area contributed by atoms with Crippen molar-refractivity contribution in [1.82, 2.24) is 19.4 Å². The van der Waals surface area contributed by atoms with Crippen LogP contribution < -0.4 is 0 Å². The fourth-order valence-corrected chi connectivity index (χ4v) is 2.51. The van der Waals surface area contributed by atoms with Gasteiger partial charge in [0.2, 0.25) is 5.78 Å². The van der Waals surface area contributed by atoms with Crippen LogP contribution in [-0.2, 0) is 0 Å². The highest BCUT2D eigenvalue weighted by Gasteiger charge is 2.09. The van der Waals surface area contributed by atoms with Gasteiger partial charge in [-0.1, -0.05) is 18.2 Å². The molecule has 4 heteroatoms. The Bertz CT molecular complexity index is 969. The van der Waals surface area contributed by atoms with Crippen molar-refractivity contribution in [3.63, 3.8) is 0 Å². The Morgan fingerprint density at radius 1 is 1.05 bits per heavy atom. The second-order valence-electron chi connectivity index (χ2n) is 5.27. The maximum Gasteiger partial charge on any atom is 0.234 e. The Morgan fingerprint density at radius 3 is 2.81 bits per heavy atom. The van der Waals surface area contributed by atoms with Crippen molar-refractivity contribution in [2.24, 2.45) is 0 Å². The predicted molar refractivity (Wildman–Crippen MR) is 83.2 cm³/mol. The van der Waals surface area contributed by atoms with Gasteiger partial charge in [-0.15, -0.1) is 0 Å². The van der Waals surface area contributed by atoms with Crippen LogP contribution in [0.15, 0.2) is 49.1 Å². The third-order valence-corrected chi connectivity index (χ3v) is 3.85. The fourth-order valence-electron chi connectivity index (χ4n) is 2.51. The number of nitrogens with zero attached hydrogens (tertiary/aromatic N) is 4. The number of hydrogen-bond acceptors (Lipinski definition) is 3. The average Bonchev–Trinajstić information content (AvgIpc) is 2.94. The molecule has 0 N–H and O–H groups in total. The summed E-state index contributed by atoms with van der Waals surface area (Å²) >= 11 is 0. The third kappa shape index (κ3) is 1.88. The van der Waals surface area contributed by atoms with Crippen LogP contribution in [-0.4, -0.2) is 19.4 Å². The van der Waals surface area contributed by atoms with E-state index in [1.165, 1.54) is 11.1 Å². The monoisotopic (exact) mass is 274 g/mol. The van der Waals surface area contributed by atoms with Crippen LogP contribution >= 0.6 is 0 Å². The lowest BCUT2D eigenvalue weighted by Gasteiger charge is -2.08. The first-order chi connectivity index (χ1) is 10.2. The van der Waals surface area contributed by atoms with Crippen molar-refractivity contribution >= 4 is 16.7 Å². The number of benzene rings is 1. The number of rotatable bonds is 1. The number of hydrogen-bond donors (Lipinski definition) is 0. The maximum absolute atomic E-state index is 4.68. The molecule has 0 spiro atoms. The Morgan fingerprint density at radius 2 is 1.95 bits per heavy atom. The molecule has 0 aliphatic heterocycles. The second kappa shape index (κ2) is 4.38. The molecule has 0 unspecified atom stereocenters. The average molecular weight is 274 g/mol. The van der Waals surface area contributed by atoms with Crippen molar-refractivity contribution in [1.29, 1.82) is 0 Å². The van der Waals surface area contributed by atoms with Gasteiger partial charge in [0.1, 0.15) is 0 Å². The van der Waals surface area contributed by atoms with E-state index in [1.807, 2.05) is 22.9 Å². The van der Waals surface area contributed by atoms with Gasteiger partial charge in [0.05, 0.1) is 11.2 Å². The van der Waals surface area contributed by atoms with Gasteiger partial charge in [-0.25, -0.2) is 9.97 Å². The molecule has 21 heavy (non-hydrogen) atoms. The van der Waals surface area contributed by atoms with Gasteiger partial charge >= 0.3 is 0 Å². The number of para-hydroxylation sites is 1. The second-order valence-corrected chi connectivity index (χ2v) is 5.27. The van der Waals surface area contributed by atoms with E-state index in [4.69, 9.17) is 0 Å². The molecular formula is C17H14N4. The molecule has 0 saturated heterocycles. The van der Waals surface area contributed by atoms with Crippen LogP contribution in [0.1, 0.15) is 11.1 Å². The topological polar surface area (TPSA) is 43.1 Å². The zero-order chi connectivity index (χ0) is 14.4. The molecule has 0 aliphatic carbocycles. The summed E-state index contributed by atoms with van der Waals surface area (Å²) in [6.07, 6.45) is 7.63. The van der Waals surface area contributed by atoms with Crippen LogP contribution in [0.3, 0.4) is 0 Å². The van der Waals surface area contributed by atoms with Gasteiger partial charge in [0.15, 0.2) is 0 Å². The SMILES string of the molecule is Cc1cnc(-c2cccc3cn4ccnc4nc23)cc1C. The summed E-state index contributed by atoms with van der Waals surface area (Å²) in [4.78, 5) is 13.5. The van der Waals surface area contributed by atoms with E-state index in [-0.39, 0.29) is 0 Å². The maximum atomic E-state index is 4.68. The van der Waals surface area contributed by atoms with E-state index in [1.54, 1.807) is 6.20 Å². The molecule has 0 atom stereocenters. The number of fused-ring (bicyclic) bond motifs is 2. The van der Waals surface area contributed by atoms with Gasteiger partial charge in [-0.2, -0.15) is 0 Å². The first-order valence-corrected chi connectivity index (χ1v) is 6.88. The molecule has 4 rings (SSSR count). The van der Waals surface area contributed by atoms with Gasteiger partial charge in [0, 0.05) is 35.7 Å². The molecular weight excluding hydrogens is 260 g/mol. The fraction of sp³-hybridized carbons (Fsp3) is 0.118. The van der Waals surface area contributed by atoms with E-state index in [0.29, 0.717) is 5.78 Å². The quantitative estimate of drug-likeness (QED) is 0.533. The van der Waals surface area contributed by atoms with Crippen molar-refractivity contribution in [2.75, 3.05) is 0 Å². The van der Waals surface area contributed by atoms with Gasteiger partial charge in [-0.05, 0) is 31.0 Å². The third-order valence-electron chi connectivity index (χ3n) is 3.85. The van der Waals surface area contributed by atoms with Crippen LogP contribution in [0, 0.1) is 13.8 Å².